The number of anilines is 2. The molecule has 3 rings (SSSR count). The van der Waals surface area contributed by atoms with Crippen molar-refractivity contribution in [3.8, 4) is 0 Å². The fourth-order valence-electron chi connectivity index (χ4n) is 3.43. The van der Waals surface area contributed by atoms with Gasteiger partial charge in [-0.15, -0.1) is 0 Å². The van der Waals surface area contributed by atoms with Crippen LogP contribution in [0.5, 0.6) is 0 Å². The lowest BCUT2D eigenvalue weighted by atomic mass is 9.92. The second-order valence-electron chi connectivity index (χ2n) is 7.04. The van der Waals surface area contributed by atoms with Gasteiger partial charge in [-0.25, -0.2) is 0 Å². The Balaban J connectivity index is 2.11. The number of para-hydroxylation sites is 2. The monoisotopic (exact) mass is 410 g/mol. The number of allylic oxidation sites excluding steroid dienone is 1. The summed E-state index contributed by atoms with van der Waals surface area (Å²) in [6.45, 7) is 2.88. The van der Waals surface area contributed by atoms with Crippen molar-refractivity contribution in [1.29, 1.82) is 0 Å². The van der Waals surface area contributed by atoms with Crippen LogP contribution >= 0.6 is 0 Å². The van der Waals surface area contributed by atoms with Gasteiger partial charge in [-0.2, -0.15) is 13.2 Å². The lowest BCUT2D eigenvalue weighted by molar-refractivity contribution is -0.138. The molecule has 0 bridgehead atoms. The maximum absolute atomic E-state index is 13.4. The minimum absolute atomic E-state index is 0.140. The normalized spacial score (nSPS) is 12.1. The molecular weight excluding hydrogens is 385 g/mol. The number of nitrogen functional groups attached to an aromatic ring is 1. The average molecular weight is 410 g/mol. The van der Waals surface area contributed by atoms with Crippen LogP contribution in [-0.4, -0.2) is 6.54 Å². The van der Waals surface area contributed by atoms with E-state index in [1.54, 1.807) is 12.1 Å². The van der Waals surface area contributed by atoms with Crippen molar-refractivity contribution < 1.29 is 13.2 Å². The Morgan fingerprint density at radius 1 is 0.900 bits per heavy atom. The van der Waals surface area contributed by atoms with Gasteiger partial charge in [0.25, 0.3) is 0 Å². The minimum atomic E-state index is -4.39. The third kappa shape index (κ3) is 5.03. The first-order valence-corrected chi connectivity index (χ1v) is 9.95. The largest absolute Gasteiger partial charge is 0.416 e. The molecule has 0 atom stereocenters. The topological polar surface area (TPSA) is 38.0 Å². The first-order valence-electron chi connectivity index (χ1n) is 9.95. The zero-order valence-electron chi connectivity index (χ0n) is 16.8. The van der Waals surface area contributed by atoms with Gasteiger partial charge in [-0.1, -0.05) is 67.6 Å². The van der Waals surface area contributed by atoms with Crippen molar-refractivity contribution in [3.63, 3.8) is 0 Å². The Hall–Kier alpha value is -3.21. The number of hydrogen-bond donors (Lipinski definition) is 2. The Kier molecular flexibility index (Phi) is 6.83. The Morgan fingerprint density at radius 2 is 1.53 bits per heavy atom. The van der Waals surface area contributed by atoms with Crippen LogP contribution in [0.25, 0.3) is 5.57 Å². The van der Waals surface area contributed by atoms with E-state index in [0.29, 0.717) is 5.69 Å². The summed E-state index contributed by atoms with van der Waals surface area (Å²) in [5, 5.41) is 3.40. The van der Waals surface area contributed by atoms with Gasteiger partial charge in [0.05, 0.1) is 5.56 Å². The van der Waals surface area contributed by atoms with E-state index in [2.05, 4.69) is 12.2 Å². The van der Waals surface area contributed by atoms with Crippen molar-refractivity contribution in [3.05, 3.63) is 101 Å². The maximum atomic E-state index is 13.4. The van der Waals surface area contributed by atoms with Gasteiger partial charge >= 0.3 is 6.18 Å². The van der Waals surface area contributed by atoms with E-state index in [9.17, 15) is 13.2 Å². The van der Waals surface area contributed by atoms with E-state index >= 15 is 0 Å². The summed E-state index contributed by atoms with van der Waals surface area (Å²) in [6, 6.07) is 20.9. The molecule has 30 heavy (non-hydrogen) atoms. The summed E-state index contributed by atoms with van der Waals surface area (Å²) >= 11 is 0. The summed E-state index contributed by atoms with van der Waals surface area (Å²) in [7, 11) is 0. The first-order chi connectivity index (χ1) is 14.4. The third-order valence-electron chi connectivity index (χ3n) is 4.88. The molecule has 0 heterocycles. The van der Waals surface area contributed by atoms with Crippen LogP contribution in [0.15, 0.2) is 78.9 Å². The molecule has 3 aromatic carbocycles. The molecule has 0 fully saturated rings. The van der Waals surface area contributed by atoms with Gasteiger partial charge in [0.2, 0.25) is 0 Å². The molecule has 0 saturated carbocycles. The Morgan fingerprint density at radius 3 is 2.23 bits per heavy atom. The molecule has 3 N–H and O–H groups in total. The highest BCUT2D eigenvalue weighted by atomic mass is 19.4. The molecule has 0 spiro atoms. The van der Waals surface area contributed by atoms with Crippen LogP contribution in [0.1, 0.15) is 35.6 Å². The second kappa shape index (κ2) is 9.53. The SMILES string of the molecule is CCCNc1ccccc1/C(=C/Cc1ccccc1C(F)(F)F)c1ccccc1N. The number of benzene rings is 3. The van der Waals surface area contributed by atoms with E-state index in [-0.39, 0.29) is 12.0 Å². The summed E-state index contributed by atoms with van der Waals surface area (Å²) in [5.41, 5.74) is 9.89. The number of nitrogens with one attached hydrogen (secondary N) is 1. The zero-order chi connectivity index (χ0) is 21.6. The highest BCUT2D eigenvalue weighted by Gasteiger charge is 2.32. The molecular formula is C25H25F3N2. The number of hydrogen-bond acceptors (Lipinski definition) is 2. The van der Waals surface area contributed by atoms with E-state index in [1.165, 1.54) is 12.1 Å². The van der Waals surface area contributed by atoms with Gasteiger partial charge in [-0.3, -0.25) is 0 Å². The lowest BCUT2D eigenvalue weighted by Gasteiger charge is -2.17. The predicted octanol–water partition coefficient (Wildman–Crippen LogP) is 6.78. The summed E-state index contributed by atoms with van der Waals surface area (Å²) in [4.78, 5) is 0. The third-order valence-corrected chi connectivity index (χ3v) is 4.88. The molecule has 0 aromatic heterocycles. The van der Waals surface area contributed by atoms with Crippen LogP contribution in [-0.2, 0) is 12.6 Å². The molecule has 5 heteroatoms. The summed E-state index contributed by atoms with van der Waals surface area (Å²) in [6.07, 6.45) is -1.46. The first kappa shape index (κ1) is 21.5. The standard InChI is InChI=1S/C25H25F3N2/c1-2-17-30-24-14-8-5-11-21(24)19(20-10-4-7-13-23(20)29)16-15-18-9-3-6-12-22(18)25(26,27)28/h3-14,16,30H,2,15,17,29H2,1H3/b19-16+. The average Bonchev–Trinajstić information content (AvgIpc) is 2.74. The van der Waals surface area contributed by atoms with Gasteiger partial charge in [0.1, 0.15) is 0 Å². The van der Waals surface area contributed by atoms with Crippen LogP contribution in [0.4, 0.5) is 24.5 Å². The van der Waals surface area contributed by atoms with Crippen LogP contribution in [0, 0.1) is 0 Å². The highest BCUT2D eigenvalue weighted by Crippen LogP contribution is 2.35. The number of halogens is 3. The van der Waals surface area contributed by atoms with Crippen molar-refractivity contribution in [2.45, 2.75) is 25.9 Å². The molecule has 2 nitrogen and oxygen atoms in total. The molecule has 0 aliphatic rings. The molecule has 156 valence electrons. The van der Waals surface area contributed by atoms with Gasteiger partial charge in [0.15, 0.2) is 0 Å². The van der Waals surface area contributed by atoms with Crippen molar-refractivity contribution in [2.24, 2.45) is 0 Å². The summed E-state index contributed by atoms with van der Waals surface area (Å²) < 4.78 is 40.3. The smallest absolute Gasteiger partial charge is 0.398 e. The van der Waals surface area contributed by atoms with E-state index in [4.69, 9.17) is 5.73 Å². The minimum Gasteiger partial charge on any atom is -0.398 e. The van der Waals surface area contributed by atoms with Crippen LogP contribution in [0.3, 0.4) is 0 Å². The Labute approximate surface area is 175 Å². The molecule has 0 saturated heterocycles. The van der Waals surface area contributed by atoms with E-state index in [0.717, 1.165) is 41.4 Å². The number of nitrogens with two attached hydrogens (primary N) is 1. The number of alkyl halides is 3. The number of rotatable bonds is 7. The molecule has 0 unspecified atom stereocenters. The fraction of sp³-hybridized carbons (Fsp3) is 0.200. The van der Waals surface area contributed by atoms with Gasteiger partial charge in [-0.05, 0) is 42.2 Å². The summed E-state index contributed by atoms with van der Waals surface area (Å²) in [5.74, 6) is 0. The van der Waals surface area contributed by atoms with Gasteiger partial charge < -0.3 is 11.1 Å². The lowest BCUT2D eigenvalue weighted by Crippen LogP contribution is -2.09. The fourth-order valence-corrected chi connectivity index (χ4v) is 3.43. The van der Waals surface area contributed by atoms with Crippen molar-refractivity contribution in [1.82, 2.24) is 0 Å². The molecule has 0 amide bonds. The van der Waals surface area contributed by atoms with Crippen molar-refractivity contribution >= 4 is 16.9 Å². The molecule has 0 radical (unpaired) electrons. The molecule has 0 aliphatic heterocycles. The van der Waals surface area contributed by atoms with Crippen molar-refractivity contribution in [2.75, 3.05) is 17.6 Å². The van der Waals surface area contributed by atoms with Crippen LogP contribution < -0.4 is 11.1 Å². The van der Waals surface area contributed by atoms with E-state index in [1.807, 2.05) is 48.5 Å². The van der Waals surface area contributed by atoms with Crippen LogP contribution in [0.2, 0.25) is 0 Å². The molecule has 0 aliphatic carbocycles. The maximum Gasteiger partial charge on any atom is 0.416 e. The van der Waals surface area contributed by atoms with Gasteiger partial charge in [0, 0.05) is 29.0 Å². The predicted molar refractivity (Wildman–Crippen MR) is 118 cm³/mol. The second-order valence-corrected chi connectivity index (χ2v) is 7.04. The quantitative estimate of drug-likeness (QED) is 0.421. The Bertz CT molecular complexity index is 1020. The highest BCUT2D eigenvalue weighted by molar-refractivity contribution is 5.90. The zero-order valence-corrected chi connectivity index (χ0v) is 16.8. The molecule has 3 aromatic rings. The van der Waals surface area contributed by atoms with E-state index < -0.39 is 11.7 Å².